The van der Waals surface area contributed by atoms with Crippen molar-refractivity contribution in [2.75, 3.05) is 19.8 Å². The summed E-state index contributed by atoms with van der Waals surface area (Å²) in [5.74, 6) is -0.380. The van der Waals surface area contributed by atoms with Gasteiger partial charge in [0.15, 0.2) is 6.10 Å². The van der Waals surface area contributed by atoms with E-state index in [0.29, 0.717) is 26.1 Å². The van der Waals surface area contributed by atoms with Crippen molar-refractivity contribution in [3.8, 4) is 0 Å². The first-order valence-corrected chi connectivity index (χ1v) is 30.9. The zero-order valence-corrected chi connectivity index (χ0v) is 46.4. The summed E-state index contributed by atoms with van der Waals surface area (Å²) in [6.07, 6.45) is 72.0. The van der Waals surface area contributed by atoms with E-state index in [1.807, 2.05) is 0 Å². The Morgan fingerprint density at radius 3 is 0.897 bits per heavy atom. The Balaban J connectivity index is 4.22. The Morgan fingerprint density at radius 1 is 0.309 bits per heavy atom. The lowest BCUT2D eigenvalue weighted by atomic mass is 10.0. The van der Waals surface area contributed by atoms with Crippen LogP contribution < -0.4 is 0 Å². The number of hydrogen-bond acceptors (Lipinski definition) is 5. The number of carbonyl (C=O) groups excluding carboxylic acids is 2. The molecular weight excluding hydrogens is 837 g/mol. The van der Waals surface area contributed by atoms with Gasteiger partial charge in [0.05, 0.1) is 6.61 Å². The molecule has 1 atom stereocenters. The quantitative estimate of drug-likeness (QED) is 0.0345. The van der Waals surface area contributed by atoms with Crippen LogP contribution in [-0.4, -0.2) is 37.9 Å². The molecule has 68 heavy (non-hydrogen) atoms. The van der Waals surface area contributed by atoms with Gasteiger partial charge in [0.1, 0.15) is 6.61 Å². The number of carbonyl (C=O) groups is 2. The van der Waals surface area contributed by atoms with Gasteiger partial charge >= 0.3 is 11.9 Å². The van der Waals surface area contributed by atoms with E-state index < -0.39 is 6.10 Å². The van der Waals surface area contributed by atoms with E-state index in [1.54, 1.807) is 0 Å². The third kappa shape index (κ3) is 57.0. The van der Waals surface area contributed by atoms with Crippen LogP contribution in [0.5, 0.6) is 0 Å². The van der Waals surface area contributed by atoms with Crippen LogP contribution in [0, 0.1) is 0 Å². The zero-order chi connectivity index (χ0) is 49.2. The number of rotatable bonds is 58. The predicted molar refractivity (Wildman–Crippen MR) is 298 cm³/mol. The second-order valence-electron chi connectivity index (χ2n) is 21.0. The van der Waals surface area contributed by atoms with Crippen LogP contribution in [0.25, 0.3) is 0 Å². The van der Waals surface area contributed by atoms with Crippen LogP contribution in [0.15, 0.2) is 24.3 Å². The molecule has 0 heterocycles. The molecule has 0 N–H and O–H groups in total. The molecule has 0 saturated heterocycles. The van der Waals surface area contributed by atoms with Crippen molar-refractivity contribution in [2.45, 2.75) is 348 Å². The van der Waals surface area contributed by atoms with Gasteiger partial charge in [-0.3, -0.25) is 9.59 Å². The molecule has 0 bridgehead atoms. The number of unbranched alkanes of at least 4 members (excludes halogenated alkanes) is 43. The van der Waals surface area contributed by atoms with Gasteiger partial charge in [-0.1, -0.05) is 283 Å². The summed E-state index contributed by atoms with van der Waals surface area (Å²) in [7, 11) is 0. The molecule has 0 fully saturated rings. The fourth-order valence-electron chi connectivity index (χ4n) is 9.33. The lowest BCUT2D eigenvalue weighted by Crippen LogP contribution is -2.30. The Hall–Kier alpha value is -1.62. The number of allylic oxidation sites excluding steroid dienone is 4. The Bertz CT molecular complexity index is 1040. The SMILES string of the molecule is CCCCCCCC/C=C\CCCCCCCCCCCC(=O)OCC(COCCCCCCCCCCCCCCCCCC)OC(=O)CCCCCCCCC/C=C\CCCCCCCC. The van der Waals surface area contributed by atoms with Gasteiger partial charge in [0, 0.05) is 19.4 Å². The third-order valence-electron chi connectivity index (χ3n) is 14.0. The molecule has 5 nitrogen and oxygen atoms in total. The minimum atomic E-state index is -0.534. The highest BCUT2D eigenvalue weighted by Gasteiger charge is 2.18. The van der Waals surface area contributed by atoms with E-state index in [2.05, 4.69) is 45.1 Å². The third-order valence-corrected chi connectivity index (χ3v) is 14.0. The fraction of sp³-hybridized carbons (Fsp3) is 0.905. The van der Waals surface area contributed by atoms with Crippen LogP contribution in [0.2, 0.25) is 0 Å². The second-order valence-corrected chi connectivity index (χ2v) is 21.0. The molecule has 0 aromatic carbocycles. The zero-order valence-electron chi connectivity index (χ0n) is 46.4. The van der Waals surface area contributed by atoms with Crippen LogP contribution in [-0.2, 0) is 23.8 Å². The van der Waals surface area contributed by atoms with Crippen molar-refractivity contribution in [1.29, 1.82) is 0 Å². The summed E-state index contributed by atoms with van der Waals surface area (Å²) in [6, 6.07) is 0. The average Bonchev–Trinajstić information content (AvgIpc) is 3.34. The Morgan fingerprint density at radius 2 is 0.574 bits per heavy atom. The van der Waals surface area contributed by atoms with Crippen molar-refractivity contribution >= 4 is 11.9 Å². The van der Waals surface area contributed by atoms with Gasteiger partial charge < -0.3 is 14.2 Å². The first-order valence-electron chi connectivity index (χ1n) is 30.9. The van der Waals surface area contributed by atoms with E-state index in [4.69, 9.17) is 14.2 Å². The van der Waals surface area contributed by atoms with Gasteiger partial charge in [-0.05, 0) is 70.6 Å². The van der Waals surface area contributed by atoms with Gasteiger partial charge in [0.2, 0.25) is 0 Å². The van der Waals surface area contributed by atoms with Crippen LogP contribution in [0.4, 0.5) is 0 Å². The summed E-state index contributed by atoms with van der Waals surface area (Å²) in [4.78, 5) is 25.6. The Kier molecular flexibility index (Phi) is 58.3. The van der Waals surface area contributed by atoms with Gasteiger partial charge in [-0.15, -0.1) is 0 Å². The standard InChI is InChI=1S/C63H120O5/c1-4-7-10-13-16-19-22-25-28-31-32-34-35-38-41-44-47-50-53-56-62(64)67-60-61(59-66-58-55-52-49-46-43-40-37-30-27-24-21-18-15-12-9-6-3)68-63(65)57-54-51-48-45-42-39-36-33-29-26-23-20-17-14-11-8-5-2/h25-26,28-29,61H,4-24,27,30-60H2,1-3H3/b28-25-,29-26-. The molecule has 0 spiro atoms. The lowest BCUT2D eigenvalue weighted by molar-refractivity contribution is -0.163. The van der Waals surface area contributed by atoms with E-state index >= 15 is 0 Å². The first-order chi connectivity index (χ1) is 33.6. The van der Waals surface area contributed by atoms with E-state index in [0.717, 1.165) is 32.1 Å². The summed E-state index contributed by atoms with van der Waals surface area (Å²) in [6.45, 7) is 7.89. The molecule has 0 rings (SSSR count). The largest absolute Gasteiger partial charge is 0.462 e. The second kappa shape index (κ2) is 59.7. The molecule has 0 amide bonds. The number of esters is 2. The monoisotopic (exact) mass is 957 g/mol. The van der Waals surface area contributed by atoms with Crippen molar-refractivity contribution < 1.29 is 23.8 Å². The molecule has 0 aliphatic heterocycles. The highest BCUT2D eigenvalue weighted by molar-refractivity contribution is 5.70. The highest BCUT2D eigenvalue weighted by Crippen LogP contribution is 2.17. The molecule has 0 radical (unpaired) electrons. The first kappa shape index (κ1) is 66.4. The van der Waals surface area contributed by atoms with Crippen LogP contribution >= 0.6 is 0 Å². The van der Waals surface area contributed by atoms with Gasteiger partial charge in [-0.2, -0.15) is 0 Å². The van der Waals surface area contributed by atoms with Gasteiger partial charge in [-0.25, -0.2) is 0 Å². The van der Waals surface area contributed by atoms with Crippen molar-refractivity contribution in [3.63, 3.8) is 0 Å². The molecule has 0 aliphatic rings. The maximum atomic E-state index is 12.9. The van der Waals surface area contributed by atoms with Crippen LogP contribution in [0.1, 0.15) is 342 Å². The summed E-state index contributed by atoms with van der Waals surface area (Å²) in [5, 5.41) is 0. The van der Waals surface area contributed by atoms with E-state index in [-0.39, 0.29) is 18.5 Å². The predicted octanol–water partition coefficient (Wildman–Crippen LogP) is 21.1. The van der Waals surface area contributed by atoms with Gasteiger partial charge in [0.25, 0.3) is 0 Å². The smallest absolute Gasteiger partial charge is 0.306 e. The maximum Gasteiger partial charge on any atom is 0.306 e. The summed E-state index contributed by atoms with van der Waals surface area (Å²) < 4.78 is 17.5. The summed E-state index contributed by atoms with van der Waals surface area (Å²) >= 11 is 0. The highest BCUT2D eigenvalue weighted by atomic mass is 16.6. The number of ether oxygens (including phenoxy) is 3. The van der Waals surface area contributed by atoms with Crippen molar-refractivity contribution in [3.05, 3.63) is 24.3 Å². The summed E-state index contributed by atoms with van der Waals surface area (Å²) in [5.41, 5.74) is 0. The topological polar surface area (TPSA) is 61.8 Å². The molecule has 0 aromatic heterocycles. The molecule has 0 aliphatic carbocycles. The van der Waals surface area contributed by atoms with E-state index in [9.17, 15) is 9.59 Å². The fourth-order valence-corrected chi connectivity index (χ4v) is 9.33. The molecule has 0 aromatic rings. The normalized spacial score (nSPS) is 12.2. The van der Waals surface area contributed by atoms with E-state index in [1.165, 1.54) is 276 Å². The van der Waals surface area contributed by atoms with Crippen LogP contribution in [0.3, 0.4) is 0 Å². The molecule has 0 saturated carbocycles. The lowest BCUT2D eigenvalue weighted by Gasteiger charge is -2.18. The minimum absolute atomic E-state index is 0.0900. The minimum Gasteiger partial charge on any atom is -0.462 e. The molecule has 5 heteroatoms. The van der Waals surface area contributed by atoms with Crippen molar-refractivity contribution in [1.82, 2.24) is 0 Å². The average molecular weight is 958 g/mol. The Labute approximate surface area is 426 Å². The molecule has 402 valence electrons. The number of hydrogen-bond donors (Lipinski definition) is 0. The molecule has 1 unspecified atom stereocenters. The maximum absolute atomic E-state index is 12.9. The molecular formula is C63H120O5. The van der Waals surface area contributed by atoms with Crippen molar-refractivity contribution in [2.24, 2.45) is 0 Å².